The predicted octanol–water partition coefficient (Wildman–Crippen LogP) is 2.86. The first-order valence-corrected chi connectivity index (χ1v) is 6.03. The van der Waals surface area contributed by atoms with Crippen LogP contribution in [0.4, 0.5) is 4.39 Å². The third-order valence-electron chi connectivity index (χ3n) is 2.64. The second-order valence-corrected chi connectivity index (χ2v) is 5.43. The van der Waals surface area contributed by atoms with Crippen LogP contribution in [0.5, 0.6) is 5.75 Å². The van der Waals surface area contributed by atoms with Crippen molar-refractivity contribution in [3.63, 3.8) is 0 Å². The van der Waals surface area contributed by atoms with E-state index in [-0.39, 0.29) is 11.8 Å². The Morgan fingerprint density at radius 3 is 2.83 bits per heavy atom. The summed E-state index contributed by atoms with van der Waals surface area (Å²) in [6, 6.07) is 4.33. The Morgan fingerprint density at radius 1 is 1.44 bits per heavy atom. The molecule has 0 aromatic heterocycles. The van der Waals surface area contributed by atoms with Gasteiger partial charge in [0.2, 0.25) is 0 Å². The fraction of sp³-hybridized carbons (Fsp3) is 0.500. The van der Waals surface area contributed by atoms with Crippen LogP contribution in [0.25, 0.3) is 0 Å². The monoisotopic (exact) mass is 252 g/mol. The molecule has 1 aromatic rings. The van der Waals surface area contributed by atoms with Gasteiger partial charge in [-0.25, -0.2) is 9.18 Å². The highest BCUT2D eigenvalue weighted by Gasteiger charge is 2.30. The zero-order valence-corrected chi connectivity index (χ0v) is 10.8. The van der Waals surface area contributed by atoms with Crippen LogP contribution in [-0.2, 0) is 16.0 Å². The van der Waals surface area contributed by atoms with E-state index < -0.39 is 11.7 Å². The third-order valence-corrected chi connectivity index (χ3v) is 2.64. The van der Waals surface area contributed by atoms with Gasteiger partial charge in [0.05, 0.1) is 0 Å². The highest BCUT2D eigenvalue weighted by Crippen LogP contribution is 2.29. The van der Waals surface area contributed by atoms with E-state index >= 15 is 0 Å². The topological polar surface area (TPSA) is 35.5 Å². The molecule has 0 unspecified atom stereocenters. The van der Waals surface area contributed by atoms with Gasteiger partial charge in [-0.05, 0) is 57.4 Å². The van der Waals surface area contributed by atoms with E-state index in [1.165, 1.54) is 12.1 Å². The van der Waals surface area contributed by atoms with Gasteiger partial charge in [0.25, 0.3) is 0 Å². The van der Waals surface area contributed by atoms with Crippen LogP contribution >= 0.6 is 0 Å². The number of benzene rings is 1. The minimum absolute atomic E-state index is 0.284. The SMILES string of the molecule is CC(C)(C)OC(=O)[C@@H]1CCc2cc(F)ccc2O1. The number of carbonyl (C=O) groups is 1. The van der Waals surface area contributed by atoms with Crippen LogP contribution in [0.1, 0.15) is 32.8 Å². The standard InChI is InChI=1S/C14H17FO3/c1-14(2,3)18-13(16)12-6-4-9-8-10(15)5-7-11(9)17-12/h5,7-8,12H,4,6H2,1-3H3/t12-/m0/s1. The molecule has 1 aliphatic rings. The maximum atomic E-state index is 13.0. The lowest BCUT2D eigenvalue weighted by atomic mass is 10.0. The summed E-state index contributed by atoms with van der Waals surface area (Å²) in [7, 11) is 0. The Bertz CT molecular complexity index is 463. The van der Waals surface area contributed by atoms with Crippen molar-refractivity contribution < 1.29 is 18.7 Å². The van der Waals surface area contributed by atoms with E-state index in [4.69, 9.17) is 9.47 Å². The second-order valence-electron chi connectivity index (χ2n) is 5.43. The second kappa shape index (κ2) is 4.59. The van der Waals surface area contributed by atoms with Crippen molar-refractivity contribution in [1.29, 1.82) is 0 Å². The molecule has 0 aliphatic carbocycles. The quantitative estimate of drug-likeness (QED) is 0.721. The molecule has 0 N–H and O–H groups in total. The van der Waals surface area contributed by atoms with Gasteiger partial charge in [-0.1, -0.05) is 0 Å². The van der Waals surface area contributed by atoms with Crippen molar-refractivity contribution in [3.05, 3.63) is 29.6 Å². The summed E-state index contributed by atoms with van der Waals surface area (Å²) in [5.74, 6) is -0.0796. The molecule has 0 amide bonds. The van der Waals surface area contributed by atoms with E-state index in [2.05, 4.69) is 0 Å². The molecule has 1 heterocycles. The zero-order valence-electron chi connectivity index (χ0n) is 10.8. The minimum Gasteiger partial charge on any atom is -0.478 e. The number of fused-ring (bicyclic) bond motifs is 1. The van der Waals surface area contributed by atoms with Gasteiger partial charge < -0.3 is 9.47 Å². The molecule has 3 nitrogen and oxygen atoms in total. The number of rotatable bonds is 1. The van der Waals surface area contributed by atoms with Crippen molar-refractivity contribution in [1.82, 2.24) is 0 Å². The predicted molar refractivity (Wildman–Crippen MR) is 65.0 cm³/mol. The molecule has 0 radical (unpaired) electrons. The fourth-order valence-corrected chi connectivity index (χ4v) is 1.89. The van der Waals surface area contributed by atoms with E-state index in [0.29, 0.717) is 18.6 Å². The van der Waals surface area contributed by atoms with Gasteiger partial charge >= 0.3 is 5.97 Å². The van der Waals surface area contributed by atoms with Crippen LogP contribution in [0.15, 0.2) is 18.2 Å². The van der Waals surface area contributed by atoms with Crippen molar-refractivity contribution in [2.75, 3.05) is 0 Å². The molecule has 98 valence electrons. The third kappa shape index (κ3) is 3.00. The van der Waals surface area contributed by atoms with Crippen LogP contribution in [0, 0.1) is 5.82 Å². The van der Waals surface area contributed by atoms with Gasteiger partial charge in [-0.2, -0.15) is 0 Å². The first kappa shape index (κ1) is 12.9. The highest BCUT2D eigenvalue weighted by atomic mass is 19.1. The summed E-state index contributed by atoms with van der Waals surface area (Å²) < 4.78 is 23.9. The normalized spacial score (nSPS) is 18.8. The molecule has 1 atom stereocenters. The average molecular weight is 252 g/mol. The summed E-state index contributed by atoms with van der Waals surface area (Å²) in [4.78, 5) is 11.9. The summed E-state index contributed by atoms with van der Waals surface area (Å²) >= 11 is 0. The van der Waals surface area contributed by atoms with E-state index in [0.717, 1.165) is 5.56 Å². The number of carbonyl (C=O) groups excluding carboxylic acids is 1. The molecule has 4 heteroatoms. The van der Waals surface area contributed by atoms with Crippen LogP contribution in [0.3, 0.4) is 0 Å². The van der Waals surface area contributed by atoms with Gasteiger partial charge in [-0.3, -0.25) is 0 Å². The Balaban J connectivity index is 2.08. The average Bonchev–Trinajstić information content (AvgIpc) is 2.26. The Labute approximate surface area is 106 Å². The van der Waals surface area contributed by atoms with E-state index in [1.54, 1.807) is 6.07 Å². The first-order valence-electron chi connectivity index (χ1n) is 6.03. The molecule has 0 fully saturated rings. The Kier molecular flexibility index (Phi) is 3.28. The number of aryl methyl sites for hydroxylation is 1. The van der Waals surface area contributed by atoms with Crippen molar-refractivity contribution in [2.24, 2.45) is 0 Å². The first-order chi connectivity index (χ1) is 8.35. The van der Waals surface area contributed by atoms with Gasteiger partial charge in [0.1, 0.15) is 17.2 Å². The summed E-state index contributed by atoms with van der Waals surface area (Å²) in [6.07, 6.45) is 0.546. The molecule has 0 bridgehead atoms. The van der Waals surface area contributed by atoms with Crippen LogP contribution in [0.2, 0.25) is 0 Å². The number of esters is 1. The molecule has 1 aliphatic heterocycles. The smallest absolute Gasteiger partial charge is 0.347 e. The summed E-state index contributed by atoms with van der Waals surface area (Å²) in [6.45, 7) is 5.45. The maximum Gasteiger partial charge on any atom is 0.347 e. The molecule has 0 saturated heterocycles. The lowest BCUT2D eigenvalue weighted by Crippen LogP contribution is -2.37. The van der Waals surface area contributed by atoms with E-state index in [1.807, 2.05) is 20.8 Å². The molecule has 18 heavy (non-hydrogen) atoms. The van der Waals surface area contributed by atoms with Gasteiger partial charge in [0.15, 0.2) is 6.10 Å². The van der Waals surface area contributed by atoms with Crippen molar-refractivity contribution in [3.8, 4) is 5.75 Å². The summed E-state index contributed by atoms with van der Waals surface area (Å²) in [5.41, 5.74) is 0.276. The van der Waals surface area contributed by atoms with Gasteiger partial charge in [-0.15, -0.1) is 0 Å². The minimum atomic E-state index is -0.595. The lowest BCUT2D eigenvalue weighted by Gasteiger charge is -2.28. The van der Waals surface area contributed by atoms with E-state index in [9.17, 15) is 9.18 Å². The number of hydrogen-bond donors (Lipinski definition) is 0. The van der Waals surface area contributed by atoms with Crippen molar-refractivity contribution >= 4 is 5.97 Å². The number of halogens is 1. The molecular weight excluding hydrogens is 235 g/mol. The molecule has 0 spiro atoms. The molecule has 0 saturated carbocycles. The number of hydrogen-bond acceptors (Lipinski definition) is 3. The molecular formula is C14H17FO3. The van der Waals surface area contributed by atoms with Crippen LogP contribution < -0.4 is 4.74 Å². The fourth-order valence-electron chi connectivity index (χ4n) is 1.89. The Hall–Kier alpha value is -1.58. The highest BCUT2D eigenvalue weighted by molar-refractivity contribution is 5.76. The molecule has 2 rings (SSSR count). The van der Waals surface area contributed by atoms with Crippen molar-refractivity contribution in [2.45, 2.75) is 45.3 Å². The van der Waals surface area contributed by atoms with Gasteiger partial charge in [0, 0.05) is 0 Å². The summed E-state index contributed by atoms with van der Waals surface area (Å²) in [5, 5.41) is 0. The molecule has 1 aromatic carbocycles. The zero-order chi connectivity index (χ0) is 13.3. The number of ether oxygens (including phenoxy) is 2. The van der Waals surface area contributed by atoms with Crippen LogP contribution in [-0.4, -0.2) is 17.7 Å². The largest absolute Gasteiger partial charge is 0.478 e. The Morgan fingerprint density at radius 2 is 2.17 bits per heavy atom. The maximum absolute atomic E-state index is 13.0. The lowest BCUT2D eigenvalue weighted by molar-refractivity contribution is -0.164.